The van der Waals surface area contributed by atoms with E-state index in [0.717, 1.165) is 18.4 Å². The summed E-state index contributed by atoms with van der Waals surface area (Å²) in [5.41, 5.74) is -0.368. The zero-order chi connectivity index (χ0) is 16.9. The Morgan fingerprint density at radius 2 is 1.91 bits per heavy atom. The topological polar surface area (TPSA) is 60.4 Å². The Labute approximate surface area is 137 Å². The SMILES string of the molecule is CCOC(=O)C1(C(CC(C)=O)c2ccccc2)CCCCC1=O. The third kappa shape index (κ3) is 3.52. The van der Waals surface area contributed by atoms with E-state index in [1.54, 1.807) is 6.92 Å². The van der Waals surface area contributed by atoms with Gasteiger partial charge in [-0.2, -0.15) is 0 Å². The molecule has 0 radical (unpaired) electrons. The molecule has 2 rings (SSSR count). The number of hydrogen-bond acceptors (Lipinski definition) is 4. The van der Waals surface area contributed by atoms with Gasteiger partial charge in [-0.3, -0.25) is 9.59 Å². The number of Topliss-reactive ketones (excluding diaryl/α,β-unsaturated/α-hetero) is 2. The molecule has 1 fully saturated rings. The average molecular weight is 316 g/mol. The molecular weight excluding hydrogens is 292 g/mol. The van der Waals surface area contributed by atoms with Gasteiger partial charge in [0.1, 0.15) is 11.2 Å². The second-order valence-electron chi connectivity index (χ2n) is 6.19. The minimum atomic E-state index is -1.22. The van der Waals surface area contributed by atoms with Crippen LogP contribution in [0.4, 0.5) is 0 Å². The molecular formula is C19H24O4. The molecule has 0 N–H and O–H groups in total. The van der Waals surface area contributed by atoms with Gasteiger partial charge in [-0.05, 0) is 32.3 Å². The van der Waals surface area contributed by atoms with Gasteiger partial charge in [0, 0.05) is 18.8 Å². The van der Waals surface area contributed by atoms with Crippen molar-refractivity contribution in [2.75, 3.05) is 6.61 Å². The number of carbonyl (C=O) groups excluding carboxylic acids is 3. The van der Waals surface area contributed by atoms with E-state index in [1.165, 1.54) is 6.92 Å². The zero-order valence-electron chi connectivity index (χ0n) is 13.8. The van der Waals surface area contributed by atoms with Gasteiger partial charge in [-0.15, -0.1) is 0 Å². The maximum Gasteiger partial charge on any atom is 0.320 e. The Hall–Kier alpha value is -1.97. The molecule has 1 aromatic carbocycles. The van der Waals surface area contributed by atoms with Gasteiger partial charge in [0.2, 0.25) is 0 Å². The van der Waals surface area contributed by atoms with E-state index in [4.69, 9.17) is 4.74 Å². The van der Waals surface area contributed by atoms with Crippen LogP contribution in [0.2, 0.25) is 0 Å². The van der Waals surface area contributed by atoms with Gasteiger partial charge >= 0.3 is 5.97 Å². The molecule has 124 valence electrons. The van der Waals surface area contributed by atoms with E-state index < -0.39 is 17.3 Å². The smallest absolute Gasteiger partial charge is 0.320 e. The number of carbonyl (C=O) groups is 3. The first kappa shape index (κ1) is 17.4. The largest absolute Gasteiger partial charge is 0.465 e. The number of esters is 1. The molecule has 4 nitrogen and oxygen atoms in total. The van der Waals surface area contributed by atoms with Gasteiger partial charge < -0.3 is 9.53 Å². The predicted molar refractivity (Wildman–Crippen MR) is 87.0 cm³/mol. The van der Waals surface area contributed by atoms with Gasteiger partial charge in [-0.25, -0.2) is 0 Å². The number of ether oxygens (including phenoxy) is 1. The highest BCUT2D eigenvalue weighted by Crippen LogP contribution is 2.48. The molecule has 4 heteroatoms. The summed E-state index contributed by atoms with van der Waals surface area (Å²) in [4.78, 5) is 37.4. The summed E-state index contributed by atoms with van der Waals surface area (Å²) in [6.07, 6.45) is 2.60. The van der Waals surface area contributed by atoms with Crippen LogP contribution in [0.5, 0.6) is 0 Å². The second kappa shape index (κ2) is 7.53. The Balaban J connectivity index is 2.53. The molecule has 0 spiro atoms. The van der Waals surface area contributed by atoms with E-state index in [9.17, 15) is 14.4 Å². The van der Waals surface area contributed by atoms with Gasteiger partial charge in [0.25, 0.3) is 0 Å². The Morgan fingerprint density at radius 3 is 2.48 bits per heavy atom. The fourth-order valence-electron chi connectivity index (χ4n) is 3.59. The lowest BCUT2D eigenvalue weighted by Gasteiger charge is -2.39. The van der Waals surface area contributed by atoms with Crippen molar-refractivity contribution in [2.24, 2.45) is 5.41 Å². The second-order valence-corrected chi connectivity index (χ2v) is 6.19. The number of rotatable bonds is 6. The van der Waals surface area contributed by atoms with Gasteiger partial charge in [0.15, 0.2) is 5.78 Å². The van der Waals surface area contributed by atoms with E-state index in [2.05, 4.69) is 0 Å². The third-order valence-electron chi connectivity index (χ3n) is 4.65. The van der Waals surface area contributed by atoms with E-state index in [1.807, 2.05) is 30.3 Å². The van der Waals surface area contributed by atoms with Crippen LogP contribution in [0.1, 0.15) is 57.4 Å². The van der Waals surface area contributed by atoms with Crippen molar-refractivity contribution >= 4 is 17.5 Å². The van der Waals surface area contributed by atoms with Gasteiger partial charge in [0.05, 0.1) is 6.61 Å². The Morgan fingerprint density at radius 1 is 1.22 bits per heavy atom. The van der Waals surface area contributed by atoms with Crippen molar-refractivity contribution in [1.29, 1.82) is 0 Å². The van der Waals surface area contributed by atoms with Crippen molar-refractivity contribution in [1.82, 2.24) is 0 Å². The number of ketones is 2. The summed E-state index contributed by atoms with van der Waals surface area (Å²) >= 11 is 0. The monoisotopic (exact) mass is 316 g/mol. The molecule has 0 bridgehead atoms. The normalized spacial score (nSPS) is 22.4. The standard InChI is InChI=1S/C19H24O4/c1-3-23-18(22)19(12-8-7-11-17(19)21)16(13-14(2)20)15-9-5-4-6-10-15/h4-6,9-10,16H,3,7-8,11-13H2,1-2H3. The summed E-state index contributed by atoms with van der Waals surface area (Å²) in [5.74, 6) is -1.04. The molecule has 1 aliphatic carbocycles. The zero-order valence-corrected chi connectivity index (χ0v) is 13.8. The molecule has 0 amide bonds. The Bertz CT molecular complexity index is 578. The minimum absolute atomic E-state index is 0.0269. The van der Waals surface area contributed by atoms with Gasteiger partial charge in [-0.1, -0.05) is 36.8 Å². The van der Waals surface area contributed by atoms with Crippen LogP contribution in [0, 0.1) is 5.41 Å². The summed E-state index contributed by atoms with van der Waals surface area (Å²) < 4.78 is 5.27. The molecule has 0 aliphatic heterocycles. The number of hydrogen-bond donors (Lipinski definition) is 0. The summed E-state index contributed by atoms with van der Waals surface area (Å²) in [5, 5.41) is 0. The lowest BCUT2D eigenvalue weighted by Crippen LogP contribution is -2.48. The molecule has 1 aliphatic rings. The molecule has 0 aromatic heterocycles. The fourth-order valence-corrected chi connectivity index (χ4v) is 3.59. The highest BCUT2D eigenvalue weighted by Gasteiger charge is 2.54. The van der Waals surface area contributed by atoms with Crippen molar-refractivity contribution in [3.8, 4) is 0 Å². The van der Waals surface area contributed by atoms with Crippen LogP contribution in [-0.4, -0.2) is 24.1 Å². The molecule has 0 heterocycles. The minimum Gasteiger partial charge on any atom is -0.465 e. The maximum atomic E-state index is 12.8. The van der Waals surface area contributed by atoms with Crippen LogP contribution < -0.4 is 0 Å². The van der Waals surface area contributed by atoms with E-state index in [-0.39, 0.29) is 24.6 Å². The van der Waals surface area contributed by atoms with Crippen LogP contribution in [0.3, 0.4) is 0 Å². The quantitative estimate of drug-likeness (QED) is 0.596. The molecule has 2 atom stereocenters. The first-order valence-electron chi connectivity index (χ1n) is 8.27. The average Bonchev–Trinajstić information content (AvgIpc) is 2.54. The Kier molecular flexibility index (Phi) is 5.69. The summed E-state index contributed by atoms with van der Waals surface area (Å²) in [7, 11) is 0. The molecule has 1 saturated carbocycles. The molecule has 1 aromatic rings. The van der Waals surface area contributed by atoms with Crippen LogP contribution in [0.15, 0.2) is 30.3 Å². The first-order valence-corrected chi connectivity index (χ1v) is 8.27. The van der Waals surface area contributed by atoms with Crippen LogP contribution >= 0.6 is 0 Å². The van der Waals surface area contributed by atoms with E-state index in [0.29, 0.717) is 12.8 Å². The fraction of sp³-hybridized carbons (Fsp3) is 0.526. The first-order chi connectivity index (χ1) is 11.0. The summed E-state index contributed by atoms with van der Waals surface area (Å²) in [6.45, 7) is 3.47. The maximum absolute atomic E-state index is 12.8. The molecule has 2 unspecified atom stereocenters. The highest BCUT2D eigenvalue weighted by atomic mass is 16.5. The molecule has 23 heavy (non-hydrogen) atoms. The van der Waals surface area contributed by atoms with Crippen molar-refractivity contribution < 1.29 is 19.1 Å². The lowest BCUT2D eigenvalue weighted by atomic mass is 9.61. The van der Waals surface area contributed by atoms with Crippen LogP contribution in [-0.2, 0) is 19.1 Å². The molecule has 0 saturated heterocycles. The van der Waals surface area contributed by atoms with E-state index >= 15 is 0 Å². The van der Waals surface area contributed by atoms with Crippen LogP contribution in [0.25, 0.3) is 0 Å². The lowest BCUT2D eigenvalue weighted by molar-refractivity contribution is -0.164. The third-order valence-corrected chi connectivity index (χ3v) is 4.65. The predicted octanol–water partition coefficient (Wildman–Crippen LogP) is 3.44. The summed E-state index contributed by atoms with van der Waals surface area (Å²) in [6, 6.07) is 9.39. The van der Waals surface area contributed by atoms with Crippen molar-refractivity contribution in [2.45, 2.75) is 51.9 Å². The van der Waals surface area contributed by atoms with Crippen molar-refractivity contribution in [3.05, 3.63) is 35.9 Å². The number of benzene rings is 1. The van der Waals surface area contributed by atoms with Crippen molar-refractivity contribution in [3.63, 3.8) is 0 Å². The highest BCUT2D eigenvalue weighted by molar-refractivity contribution is 6.06.